The second-order valence-electron chi connectivity index (χ2n) is 5.08. The summed E-state index contributed by atoms with van der Waals surface area (Å²) >= 11 is 5.80. The van der Waals surface area contributed by atoms with E-state index in [1.165, 1.54) is 6.07 Å². The van der Waals surface area contributed by atoms with Crippen molar-refractivity contribution in [2.75, 3.05) is 0 Å². The van der Waals surface area contributed by atoms with Gasteiger partial charge in [-0.05, 0) is 31.0 Å². The molecule has 4 heteroatoms. The average Bonchev–Trinajstić information content (AvgIpc) is 2.48. The molecule has 0 saturated heterocycles. The van der Waals surface area contributed by atoms with Gasteiger partial charge >= 0.3 is 0 Å². The fourth-order valence-corrected chi connectivity index (χ4v) is 2.34. The molecule has 112 valence electrons. The molecule has 0 saturated carbocycles. The van der Waals surface area contributed by atoms with Gasteiger partial charge in [0.05, 0.1) is 5.02 Å². The van der Waals surface area contributed by atoms with Crippen molar-refractivity contribution in [1.29, 1.82) is 0 Å². The zero-order valence-corrected chi connectivity index (χ0v) is 12.9. The van der Waals surface area contributed by atoms with Crippen LogP contribution in [0, 0.1) is 12.7 Å². The van der Waals surface area contributed by atoms with Crippen molar-refractivity contribution in [2.24, 2.45) is 5.73 Å². The minimum Gasteiger partial charge on any atom is -0.481 e. The molecule has 2 aromatic carbocycles. The van der Waals surface area contributed by atoms with Crippen molar-refractivity contribution < 1.29 is 9.13 Å². The van der Waals surface area contributed by atoms with Gasteiger partial charge in [-0.2, -0.15) is 0 Å². The Balaban J connectivity index is 2.35. The Morgan fingerprint density at radius 3 is 2.62 bits per heavy atom. The molecule has 2 unspecified atom stereocenters. The van der Waals surface area contributed by atoms with Gasteiger partial charge in [0.15, 0.2) is 11.6 Å². The Morgan fingerprint density at radius 1 is 1.24 bits per heavy atom. The minimum atomic E-state index is -0.555. The second kappa shape index (κ2) is 6.92. The third-order valence-corrected chi connectivity index (χ3v) is 3.69. The van der Waals surface area contributed by atoms with E-state index in [9.17, 15) is 4.39 Å². The van der Waals surface area contributed by atoms with Gasteiger partial charge in [-0.1, -0.05) is 54.4 Å². The van der Waals surface area contributed by atoms with E-state index in [-0.39, 0.29) is 16.8 Å². The highest BCUT2D eigenvalue weighted by Crippen LogP contribution is 2.30. The van der Waals surface area contributed by atoms with Crippen molar-refractivity contribution in [2.45, 2.75) is 32.4 Å². The minimum absolute atomic E-state index is 0.0422. The van der Waals surface area contributed by atoms with E-state index in [2.05, 4.69) is 0 Å². The van der Waals surface area contributed by atoms with Crippen LogP contribution < -0.4 is 10.5 Å². The molecule has 0 aliphatic carbocycles. The molecule has 0 spiro atoms. The van der Waals surface area contributed by atoms with Gasteiger partial charge in [0.2, 0.25) is 0 Å². The lowest BCUT2D eigenvalue weighted by molar-refractivity contribution is 0.163. The Morgan fingerprint density at radius 2 is 1.95 bits per heavy atom. The normalized spacial score (nSPS) is 13.8. The van der Waals surface area contributed by atoms with Crippen molar-refractivity contribution in [3.63, 3.8) is 0 Å². The first-order valence-corrected chi connectivity index (χ1v) is 7.33. The van der Waals surface area contributed by atoms with Gasteiger partial charge < -0.3 is 10.5 Å². The topological polar surface area (TPSA) is 35.2 Å². The zero-order chi connectivity index (χ0) is 15.4. The first kappa shape index (κ1) is 15.8. The lowest BCUT2D eigenvalue weighted by atomic mass is 9.99. The predicted octanol–water partition coefficient (Wildman–Crippen LogP) is 4.64. The SMILES string of the molecule is CCC(N)C(Oc1cccc(Cl)c1F)c1cccc(C)c1. The van der Waals surface area contributed by atoms with Crippen LogP contribution in [0.3, 0.4) is 0 Å². The molecule has 0 aromatic heterocycles. The molecule has 0 amide bonds. The van der Waals surface area contributed by atoms with Crippen molar-refractivity contribution in [1.82, 2.24) is 0 Å². The molecule has 0 aliphatic heterocycles. The fraction of sp³-hybridized carbons (Fsp3) is 0.294. The molecule has 2 atom stereocenters. The van der Waals surface area contributed by atoms with Crippen LogP contribution in [-0.2, 0) is 0 Å². The van der Waals surface area contributed by atoms with Crippen LogP contribution in [-0.4, -0.2) is 6.04 Å². The summed E-state index contributed by atoms with van der Waals surface area (Å²) in [5.74, 6) is -0.432. The van der Waals surface area contributed by atoms with Crippen molar-refractivity contribution in [3.05, 3.63) is 64.4 Å². The Kier molecular flexibility index (Phi) is 5.21. The number of aryl methyl sites for hydroxylation is 1. The number of halogens is 2. The highest BCUT2D eigenvalue weighted by Gasteiger charge is 2.22. The molecule has 0 bridgehead atoms. The maximum absolute atomic E-state index is 14.0. The smallest absolute Gasteiger partial charge is 0.183 e. The van der Waals surface area contributed by atoms with Gasteiger partial charge in [-0.3, -0.25) is 0 Å². The number of hydrogen-bond acceptors (Lipinski definition) is 2. The predicted molar refractivity (Wildman–Crippen MR) is 84.2 cm³/mol. The summed E-state index contributed by atoms with van der Waals surface area (Å²) in [4.78, 5) is 0. The molecule has 2 N–H and O–H groups in total. The maximum Gasteiger partial charge on any atom is 0.183 e. The summed E-state index contributed by atoms with van der Waals surface area (Å²) in [6.45, 7) is 3.98. The highest BCUT2D eigenvalue weighted by molar-refractivity contribution is 6.30. The molecule has 2 rings (SSSR count). The number of nitrogens with two attached hydrogens (primary N) is 1. The number of benzene rings is 2. The molecule has 0 heterocycles. The molecule has 0 fully saturated rings. The molecule has 21 heavy (non-hydrogen) atoms. The standard InChI is InChI=1S/C17H19ClFNO/c1-3-14(20)17(12-7-4-6-11(2)10-12)21-15-9-5-8-13(18)16(15)19/h4-10,14,17H,3,20H2,1-2H3. The van der Waals surface area contributed by atoms with E-state index in [1.54, 1.807) is 12.1 Å². The third-order valence-electron chi connectivity index (χ3n) is 3.40. The number of rotatable bonds is 5. The zero-order valence-electron chi connectivity index (χ0n) is 12.1. The van der Waals surface area contributed by atoms with Crippen LogP contribution >= 0.6 is 11.6 Å². The molecule has 2 nitrogen and oxygen atoms in total. The van der Waals surface area contributed by atoms with Crippen molar-refractivity contribution in [3.8, 4) is 5.75 Å². The third kappa shape index (κ3) is 3.74. The van der Waals surface area contributed by atoms with Crippen LogP contribution in [0.1, 0.15) is 30.6 Å². The maximum atomic E-state index is 14.0. The molecular weight excluding hydrogens is 289 g/mol. The Labute approximate surface area is 129 Å². The fourth-order valence-electron chi connectivity index (χ4n) is 2.18. The number of ether oxygens (including phenoxy) is 1. The molecule has 0 aliphatic rings. The van der Waals surface area contributed by atoms with Gasteiger partial charge in [-0.25, -0.2) is 4.39 Å². The summed E-state index contributed by atoms with van der Waals surface area (Å²) in [5.41, 5.74) is 8.20. The number of hydrogen-bond donors (Lipinski definition) is 1. The Bertz CT molecular complexity index is 617. The largest absolute Gasteiger partial charge is 0.481 e. The average molecular weight is 308 g/mol. The Hall–Kier alpha value is -1.58. The first-order valence-electron chi connectivity index (χ1n) is 6.95. The van der Waals surface area contributed by atoms with E-state index in [0.29, 0.717) is 0 Å². The van der Waals surface area contributed by atoms with Crippen molar-refractivity contribution >= 4 is 11.6 Å². The quantitative estimate of drug-likeness (QED) is 0.873. The van der Waals surface area contributed by atoms with E-state index < -0.39 is 11.9 Å². The summed E-state index contributed by atoms with van der Waals surface area (Å²) in [6.07, 6.45) is 0.309. The summed E-state index contributed by atoms with van der Waals surface area (Å²) in [7, 11) is 0. The second-order valence-corrected chi connectivity index (χ2v) is 5.48. The lowest BCUT2D eigenvalue weighted by Crippen LogP contribution is -2.31. The van der Waals surface area contributed by atoms with Crippen LogP contribution in [0.15, 0.2) is 42.5 Å². The first-order chi connectivity index (χ1) is 10.0. The highest BCUT2D eigenvalue weighted by atomic mass is 35.5. The molecule has 0 radical (unpaired) electrons. The van der Waals surface area contributed by atoms with Crippen LogP contribution in [0.5, 0.6) is 5.75 Å². The van der Waals surface area contributed by atoms with Gasteiger partial charge in [0, 0.05) is 6.04 Å². The van der Waals surface area contributed by atoms with Gasteiger partial charge in [-0.15, -0.1) is 0 Å². The molecular formula is C17H19ClFNO. The van der Waals surface area contributed by atoms with Gasteiger partial charge in [0.1, 0.15) is 6.10 Å². The van der Waals surface area contributed by atoms with Crippen LogP contribution in [0.2, 0.25) is 5.02 Å². The van der Waals surface area contributed by atoms with Crippen LogP contribution in [0.4, 0.5) is 4.39 Å². The summed E-state index contributed by atoms with van der Waals surface area (Å²) in [6, 6.07) is 12.4. The molecule has 2 aromatic rings. The van der Waals surface area contributed by atoms with E-state index >= 15 is 0 Å². The van der Waals surface area contributed by atoms with E-state index in [0.717, 1.165) is 17.5 Å². The van der Waals surface area contributed by atoms with Crippen LogP contribution in [0.25, 0.3) is 0 Å². The summed E-state index contributed by atoms with van der Waals surface area (Å²) in [5, 5.41) is 0.0422. The van der Waals surface area contributed by atoms with Gasteiger partial charge in [0.25, 0.3) is 0 Å². The van der Waals surface area contributed by atoms with E-state index in [1.807, 2.05) is 38.1 Å². The lowest BCUT2D eigenvalue weighted by Gasteiger charge is -2.25. The summed E-state index contributed by atoms with van der Waals surface area (Å²) < 4.78 is 19.9. The van der Waals surface area contributed by atoms with E-state index in [4.69, 9.17) is 22.1 Å². The monoisotopic (exact) mass is 307 g/mol.